The Balaban J connectivity index is 2.51. The van der Waals surface area contributed by atoms with Crippen LogP contribution in [0.1, 0.15) is 52.7 Å². The average molecular weight is 462 g/mol. The fraction of sp³-hybridized carbons (Fsp3) is 0.455. The number of carbonyl (C=O) groups is 2. The van der Waals surface area contributed by atoms with Gasteiger partial charge in [-0.05, 0) is 84.4 Å². The number of nitrogens with one attached hydrogen (secondary N) is 1. The standard InChI is InChI=1S/C22H31N5O4S/c1-14-11-24-27(12-14)17-9-8-16(25-18(23)32)10-15(17)13-26(19(28)30-21(2,3)4)20(29)31-22(5,6)7/h8-12H,13H2,1-7H3,(H3,23,25,32). The Morgan fingerprint density at radius 2 is 1.69 bits per heavy atom. The molecule has 2 amide bonds. The summed E-state index contributed by atoms with van der Waals surface area (Å²) in [5.41, 5.74) is 6.85. The molecular weight excluding hydrogens is 430 g/mol. The molecule has 0 atom stereocenters. The molecule has 0 spiro atoms. The minimum atomic E-state index is -0.818. The number of ether oxygens (including phenoxy) is 2. The third-order valence-corrected chi connectivity index (χ3v) is 3.96. The Bertz CT molecular complexity index is 976. The lowest BCUT2D eigenvalue weighted by molar-refractivity contribution is -0.000244. The highest BCUT2D eigenvalue weighted by molar-refractivity contribution is 7.80. The first-order chi connectivity index (χ1) is 14.6. The lowest BCUT2D eigenvalue weighted by atomic mass is 10.1. The topological polar surface area (TPSA) is 112 Å². The van der Waals surface area contributed by atoms with E-state index in [1.807, 2.05) is 13.1 Å². The summed E-state index contributed by atoms with van der Waals surface area (Å²) in [5.74, 6) is 0. The van der Waals surface area contributed by atoms with Gasteiger partial charge in [-0.25, -0.2) is 19.2 Å². The third kappa shape index (κ3) is 7.52. The third-order valence-electron chi connectivity index (χ3n) is 3.86. The van der Waals surface area contributed by atoms with Crippen LogP contribution in [-0.4, -0.2) is 43.2 Å². The highest BCUT2D eigenvalue weighted by Gasteiger charge is 2.32. The zero-order valence-corrected chi connectivity index (χ0v) is 20.4. The summed E-state index contributed by atoms with van der Waals surface area (Å²) in [5, 5.41) is 7.31. The fourth-order valence-corrected chi connectivity index (χ4v) is 2.83. The molecule has 2 rings (SSSR count). The van der Waals surface area contributed by atoms with Crippen molar-refractivity contribution in [3.05, 3.63) is 41.7 Å². The number of nitrogens with zero attached hydrogens (tertiary/aromatic N) is 3. The van der Waals surface area contributed by atoms with Gasteiger partial charge in [0.15, 0.2) is 5.11 Å². The van der Waals surface area contributed by atoms with Crippen molar-refractivity contribution < 1.29 is 19.1 Å². The molecule has 174 valence electrons. The van der Waals surface area contributed by atoms with Crippen molar-refractivity contribution in [2.24, 2.45) is 5.73 Å². The van der Waals surface area contributed by atoms with Gasteiger partial charge in [-0.2, -0.15) is 5.10 Å². The first kappa shape index (κ1) is 25.1. The highest BCUT2D eigenvalue weighted by Crippen LogP contribution is 2.24. The van der Waals surface area contributed by atoms with Gasteiger partial charge in [0.2, 0.25) is 0 Å². The highest BCUT2D eigenvalue weighted by atomic mass is 32.1. The van der Waals surface area contributed by atoms with Gasteiger partial charge in [0.25, 0.3) is 0 Å². The number of carbonyl (C=O) groups excluding carboxylic acids is 2. The molecule has 2 aromatic rings. The molecule has 0 fully saturated rings. The molecule has 0 aliphatic rings. The predicted molar refractivity (Wildman–Crippen MR) is 127 cm³/mol. The van der Waals surface area contributed by atoms with Crippen molar-refractivity contribution in [3.63, 3.8) is 0 Å². The number of anilines is 1. The van der Waals surface area contributed by atoms with E-state index in [0.29, 0.717) is 16.9 Å². The van der Waals surface area contributed by atoms with Crippen LogP contribution in [0.2, 0.25) is 0 Å². The summed E-state index contributed by atoms with van der Waals surface area (Å²) >= 11 is 4.93. The quantitative estimate of drug-likeness (QED) is 0.640. The smallest absolute Gasteiger partial charge is 0.420 e. The molecule has 0 saturated heterocycles. The summed E-state index contributed by atoms with van der Waals surface area (Å²) in [6, 6.07) is 5.32. The Kier molecular flexibility index (Phi) is 7.50. The van der Waals surface area contributed by atoms with Crippen molar-refractivity contribution in [3.8, 4) is 5.69 Å². The molecule has 1 aromatic heterocycles. The summed E-state index contributed by atoms with van der Waals surface area (Å²) in [6.45, 7) is 12.1. The van der Waals surface area contributed by atoms with Crippen LogP contribution in [0.4, 0.5) is 15.3 Å². The maximum Gasteiger partial charge on any atom is 0.420 e. The van der Waals surface area contributed by atoms with Gasteiger partial charge in [0, 0.05) is 17.4 Å². The van der Waals surface area contributed by atoms with Gasteiger partial charge < -0.3 is 20.5 Å². The number of hydrogen-bond acceptors (Lipinski definition) is 6. The monoisotopic (exact) mass is 461 g/mol. The maximum atomic E-state index is 12.9. The predicted octanol–water partition coefficient (Wildman–Crippen LogP) is 4.51. The van der Waals surface area contributed by atoms with Gasteiger partial charge in [-0.3, -0.25) is 0 Å². The minimum absolute atomic E-state index is 0.0924. The van der Waals surface area contributed by atoms with Crippen LogP contribution in [0.3, 0.4) is 0 Å². The minimum Gasteiger partial charge on any atom is -0.443 e. The molecule has 0 unspecified atom stereocenters. The number of amides is 2. The van der Waals surface area contributed by atoms with Crippen LogP contribution in [-0.2, 0) is 16.0 Å². The summed E-state index contributed by atoms with van der Waals surface area (Å²) < 4.78 is 12.6. The second-order valence-corrected chi connectivity index (χ2v) is 9.78. The van der Waals surface area contributed by atoms with Crippen LogP contribution in [0.5, 0.6) is 0 Å². The summed E-state index contributed by atoms with van der Waals surface area (Å²) in [4.78, 5) is 26.8. The van der Waals surface area contributed by atoms with Gasteiger partial charge in [0.1, 0.15) is 11.2 Å². The number of hydrogen-bond donors (Lipinski definition) is 2. The van der Waals surface area contributed by atoms with E-state index in [1.54, 1.807) is 70.6 Å². The van der Waals surface area contributed by atoms with Gasteiger partial charge >= 0.3 is 12.2 Å². The molecule has 0 aliphatic heterocycles. The van der Waals surface area contributed by atoms with Crippen LogP contribution in [0.25, 0.3) is 5.69 Å². The summed E-state index contributed by atoms with van der Waals surface area (Å²) in [6.07, 6.45) is 1.92. The molecule has 1 heterocycles. The van der Waals surface area contributed by atoms with Crippen LogP contribution in [0.15, 0.2) is 30.6 Å². The van der Waals surface area contributed by atoms with E-state index in [1.165, 1.54) is 0 Å². The Morgan fingerprint density at radius 1 is 1.12 bits per heavy atom. The van der Waals surface area contributed by atoms with Crippen LogP contribution < -0.4 is 11.1 Å². The number of benzene rings is 1. The molecule has 9 nitrogen and oxygen atoms in total. The maximum absolute atomic E-state index is 12.9. The van der Waals surface area contributed by atoms with Crippen molar-refractivity contribution in [1.29, 1.82) is 0 Å². The first-order valence-electron chi connectivity index (χ1n) is 10.1. The second-order valence-electron chi connectivity index (χ2n) is 9.34. The zero-order valence-electron chi connectivity index (χ0n) is 19.6. The molecule has 0 bridgehead atoms. The van der Waals surface area contributed by atoms with E-state index < -0.39 is 23.4 Å². The largest absolute Gasteiger partial charge is 0.443 e. The van der Waals surface area contributed by atoms with Gasteiger partial charge in [-0.15, -0.1) is 0 Å². The second kappa shape index (κ2) is 9.56. The van der Waals surface area contributed by atoms with Crippen molar-refractivity contribution in [1.82, 2.24) is 14.7 Å². The van der Waals surface area contributed by atoms with E-state index in [9.17, 15) is 9.59 Å². The van der Waals surface area contributed by atoms with E-state index in [4.69, 9.17) is 27.4 Å². The lowest BCUT2D eigenvalue weighted by Gasteiger charge is -2.29. The van der Waals surface area contributed by atoms with Crippen LogP contribution >= 0.6 is 12.2 Å². The fourth-order valence-electron chi connectivity index (χ4n) is 2.71. The molecule has 32 heavy (non-hydrogen) atoms. The summed E-state index contributed by atoms with van der Waals surface area (Å²) in [7, 11) is 0. The first-order valence-corrected chi connectivity index (χ1v) is 10.5. The molecule has 0 saturated carbocycles. The molecule has 3 N–H and O–H groups in total. The lowest BCUT2D eigenvalue weighted by Crippen LogP contribution is -2.43. The molecule has 10 heteroatoms. The normalized spacial score (nSPS) is 11.6. The van der Waals surface area contributed by atoms with E-state index in [2.05, 4.69) is 10.4 Å². The van der Waals surface area contributed by atoms with Crippen LogP contribution in [0, 0.1) is 6.92 Å². The Hall–Kier alpha value is -3.14. The zero-order chi connectivity index (χ0) is 24.3. The Morgan fingerprint density at radius 3 is 2.12 bits per heavy atom. The van der Waals surface area contributed by atoms with E-state index in [-0.39, 0.29) is 11.7 Å². The number of aryl methyl sites for hydroxylation is 1. The molecule has 0 aliphatic carbocycles. The van der Waals surface area contributed by atoms with Crippen molar-refractivity contribution in [2.75, 3.05) is 5.32 Å². The van der Waals surface area contributed by atoms with Gasteiger partial charge in [-0.1, -0.05) is 0 Å². The number of rotatable bonds is 4. The van der Waals surface area contributed by atoms with E-state index in [0.717, 1.165) is 10.5 Å². The van der Waals surface area contributed by atoms with Crippen molar-refractivity contribution in [2.45, 2.75) is 66.2 Å². The molecule has 0 radical (unpaired) electrons. The molecule has 1 aromatic carbocycles. The number of aromatic nitrogens is 2. The van der Waals surface area contributed by atoms with Gasteiger partial charge in [0.05, 0.1) is 18.4 Å². The SMILES string of the molecule is Cc1cnn(-c2ccc(NC(N)=S)cc2CN(C(=O)OC(C)(C)C)C(=O)OC(C)(C)C)c1. The molecular formula is C22H31N5O4S. The van der Waals surface area contributed by atoms with Crippen molar-refractivity contribution >= 4 is 35.2 Å². The number of nitrogens with two attached hydrogens (primary N) is 1. The average Bonchev–Trinajstić information content (AvgIpc) is 3.02. The van der Waals surface area contributed by atoms with E-state index >= 15 is 0 Å². The Labute approximate surface area is 193 Å². The number of imide groups is 1. The number of thiocarbonyl (C=S) groups is 1.